The normalized spacial score (nSPS) is 24.8. The zero-order valence-corrected chi connectivity index (χ0v) is 9.87. The number of ether oxygens (including phenoxy) is 1. The highest BCUT2D eigenvalue weighted by atomic mass is 32.2. The maximum atomic E-state index is 11.8. The van der Waals surface area contributed by atoms with Gasteiger partial charge in [0.1, 0.15) is 0 Å². The fraction of sp³-hybridized carbons (Fsp3) is 0.875. The van der Waals surface area contributed by atoms with Crippen molar-refractivity contribution in [3.8, 4) is 0 Å². The molecule has 0 aromatic carbocycles. The highest BCUT2D eigenvalue weighted by Crippen LogP contribution is 2.36. The first-order valence-electron chi connectivity index (χ1n) is 4.58. The van der Waals surface area contributed by atoms with Crippen LogP contribution < -0.4 is 5.73 Å². The molecule has 1 amide bonds. The molecule has 1 saturated heterocycles. The highest BCUT2D eigenvalue weighted by molar-refractivity contribution is 7.94. The topological polar surface area (TPSA) is 89.7 Å². The third-order valence-corrected chi connectivity index (χ3v) is 5.03. The monoisotopic (exact) mass is 236 g/mol. The van der Waals surface area contributed by atoms with Crippen LogP contribution in [0.5, 0.6) is 0 Å². The number of amides is 1. The van der Waals surface area contributed by atoms with Crippen LogP contribution in [-0.2, 0) is 19.6 Å². The van der Waals surface area contributed by atoms with Gasteiger partial charge in [-0.15, -0.1) is 0 Å². The molecule has 1 heterocycles. The maximum Gasteiger partial charge on any atom is 0.259 e. The molecule has 0 spiro atoms. The number of nitrogens with zero attached hydrogens (tertiary/aromatic N) is 1. The molecule has 0 aromatic rings. The van der Waals surface area contributed by atoms with Crippen molar-refractivity contribution in [2.24, 2.45) is 5.73 Å². The van der Waals surface area contributed by atoms with Crippen LogP contribution in [-0.4, -0.2) is 49.7 Å². The van der Waals surface area contributed by atoms with Crippen LogP contribution in [0.15, 0.2) is 0 Å². The van der Waals surface area contributed by atoms with E-state index in [0.29, 0.717) is 0 Å². The molecule has 1 unspecified atom stereocenters. The van der Waals surface area contributed by atoms with E-state index in [9.17, 15) is 13.2 Å². The van der Waals surface area contributed by atoms with Crippen LogP contribution >= 0.6 is 0 Å². The van der Waals surface area contributed by atoms with Crippen LogP contribution in [0.2, 0.25) is 0 Å². The lowest BCUT2D eigenvalue weighted by atomic mass is 10.1. The van der Waals surface area contributed by atoms with Crippen LogP contribution in [0.4, 0.5) is 0 Å². The van der Waals surface area contributed by atoms with Crippen molar-refractivity contribution < 1.29 is 17.9 Å². The van der Waals surface area contributed by atoms with E-state index < -0.39 is 26.7 Å². The summed E-state index contributed by atoms with van der Waals surface area (Å²) in [6.45, 7) is 2.97. The summed E-state index contributed by atoms with van der Waals surface area (Å²) in [6.07, 6.45) is 0. The minimum absolute atomic E-state index is 0.0644. The average molecular weight is 236 g/mol. The van der Waals surface area contributed by atoms with Crippen molar-refractivity contribution in [2.45, 2.75) is 24.6 Å². The average Bonchev–Trinajstić information content (AvgIpc) is 2.16. The van der Waals surface area contributed by atoms with Gasteiger partial charge in [-0.3, -0.25) is 4.79 Å². The molecule has 1 atom stereocenters. The number of carbonyl (C=O) groups is 1. The molecule has 0 saturated carbocycles. The van der Waals surface area contributed by atoms with E-state index in [-0.39, 0.29) is 13.2 Å². The van der Waals surface area contributed by atoms with Gasteiger partial charge in [-0.2, -0.15) is 0 Å². The zero-order chi connectivity index (χ0) is 11.9. The second-order valence-electron chi connectivity index (χ2n) is 3.96. The summed E-state index contributed by atoms with van der Waals surface area (Å²) in [5.74, 6) is -0.421. The largest absolute Gasteiger partial charge is 0.382 e. The quantitative estimate of drug-likeness (QED) is 0.670. The summed E-state index contributed by atoms with van der Waals surface area (Å²) in [5.41, 5.74) is 5.40. The summed E-state index contributed by atoms with van der Waals surface area (Å²) in [6, 6.07) is -0.597. The fourth-order valence-electron chi connectivity index (χ4n) is 1.48. The SMILES string of the molecule is COCC(CN)N1C(=O)C(C)(C)S1(=O)=O. The molecule has 7 heteroatoms. The Morgan fingerprint density at radius 2 is 2.07 bits per heavy atom. The second kappa shape index (κ2) is 3.73. The molecule has 1 fully saturated rings. The van der Waals surface area contributed by atoms with Crippen molar-refractivity contribution in [3.05, 3.63) is 0 Å². The van der Waals surface area contributed by atoms with Gasteiger partial charge in [0.2, 0.25) is 0 Å². The molecular weight excluding hydrogens is 220 g/mol. The first-order valence-corrected chi connectivity index (χ1v) is 6.02. The molecule has 0 aliphatic carbocycles. The van der Waals surface area contributed by atoms with Crippen LogP contribution in [0, 0.1) is 0 Å². The summed E-state index contributed by atoms with van der Waals surface area (Å²) in [5, 5.41) is 0. The summed E-state index contributed by atoms with van der Waals surface area (Å²) >= 11 is 0. The van der Waals surface area contributed by atoms with E-state index in [0.717, 1.165) is 4.31 Å². The third-order valence-electron chi connectivity index (χ3n) is 2.58. The van der Waals surface area contributed by atoms with Crippen LogP contribution in [0.1, 0.15) is 13.8 Å². The van der Waals surface area contributed by atoms with E-state index in [1.165, 1.54) is 21.0 Å². The molecule has 0 radical (unpaired) electrons. The summed E-state index contributed by atoms with van der Waals surface area (Å²) < 4.78 is 27.8. The molecule has 0 bridgehead atoms. The standard InChI is InChI=1S/C8H16N2O4S/c1-8(2)7(11)10(15(8,12)13)6(4-9)5-14-3/h6H,4-5,9H2,1-3H3. The Morgan fingerprint density at radius 1 is 1.53 bits per heavy atom. The lowest BCUT2D eigenvalue weighted by molar-refractivity contribution is -0.134. The highest BCUT2D eigenvalue weighted by Gasteiger charge is 2.61. The van der Waals surface area contributed by atoms with Gasteiger partial charge in [0.25, 0.3) is 15.9 Å². The summed E-state index contributed by atoms with van der Waals surface area (Å²) in [4.78, 5) is 11.6. The number of sulfonamides is 1. The predicted octanol–water partition coefficient (Wildman–Crippen LogP) is -1.09. The van der Waals surface area contributed by atoms with Crippen molar-refractivity contribution in [2.75, 3.05) is 20.3 Å². The Balaban J connectivity index is 2.95. The number of rotatable bonds is 4. The van der Waals surface area contributed by atoms with Gasteiger partial charge in [-0.05, 0) is 13.8 Å². The van der Waals surface area contributed by atoms with E-state index in [1.807, 2.05) is 0 Å². The van der Waals surface area contributed by atoms with Crippen molar-refractivity contribution in [3.63, 3.8) is 0 Å². The molecular formula is C8H16N2O4S. The minimum Gasteiger partial charge on any atom is -0.382 e. The van der Waals surface area contributed by atoms with E-state index >= 15 is 0 Å². The number of methoxy groups -OCH3 is 1. The van der Waals surface area contributed by atoms with Crippen LogP contribution in [0.3, 0.4) is 0 Å². The minimum atomic E-state index is -3.56. The first-order chi connectivity index (χ1) is 6.80. The molecule has 15 heavy (non-hydrogen) atoms. The Bertz CT molecular complexity index is 363. The summed E-state index contributed by atoms with van der Waals surface area (Å²) in [7, 11) is -2.12. The van der Waals surface area contributed by atoms with E-state index in [2.05, 4.69) is 0 Å². The van der Waals surface area contributed by atoms with E-state index in [4.69, 9.17) is 10.5 Å². The van der Waals surface area contributed by atoms with Gasteiger partial charge in [0.15, 0.2) is 4.75 Å². The molecule has 6 nitrogen and oxygen atoms in total. The van der Waals surface area contributed by atoms with E-state index in [1.54, 1.807) is 0 Å². The zero-order valence-electron chi connectivity index (χ0n) is 9.06. The Kier molecular flexibility index (Phi) is 3.09. The Morgan fingerprint density at radius 3 is 2.40 bits per heavy atom. The number of carbonyl (C=O) groups excluding carboxylic acids is 1. The number of hydrogen-bond acceptors (Lipinski definition) is 5. The maximum absolute atomic E-state index is 11.8. The van der Waals surface area contributed by atoms with Crippen molar-refractivity contribution in [1.82, 2.24) is 4.31 Å². The van der Waals surface area contributed by atoms with Gasteiger partial charge in [0, 0.05) is 13.7 Å². The van der Waals surface area contributed by atoms with Gasteiger partial charge < -0.3 is 10.5 Å². The Hall–Kier alpha value is -0.660. The van der Waals surface area contributed by atoms with Gasteiger partial charge >= 0.3 is 0 Å². The fourth-order valence-corrected chi connectivity index (χ4v) is 3.14. The smallest absolute Gasteiger partial charge is 0.259 e. The lowest BCUT2D eigenvalue weighted by Gasteiger charge is -2.46. The molecule has 88 valence electrons. The van der Waals surface area contributed by atoms with Crippen LogP contribution in [0.25, 0.3) is 0 Å². The number of hydrogen-bond donors (Lipinski definition) is 1. The van der Waals surface area contributed by atoms with Crippen molar-refractivity contribution >= 4 is 15.9 Å². The molecule has 1 aliphatic heterocycles. The first kappa shape index (κ1) is 12.4. The molecule has 2 N–H and O–H groups in total. The number of nitrogens with two attached hydrogens (primary N) is 1. The van der Waals surface area contributed by atoms with Crippen molar-refractivity contribution in [1.29, 1.82) is 0 Å². The van der Waals surface area contributed by atoms with Gasteiger partial charge in [-0.25, -0.2) is 12.7 Å². The third kappa shape index (κ3) is 1.54. The predicted molar refractivity (Wildman–Crippen MR) is 54.6 cm³/mol. The molecule has 0 aromatic heterocycles. The Labute approximate surface area is 89.4 Å². The second-order valence-corrected chi connectivity index (χ2v) is 6.33. The lowest BCUT2D eigenvalue weighted by Crippen LogP contribution is -2.71. The van der Waals surface area contributed by atoms with Gasteiger partial charge in [0.05, 0.1) is 12.6 Å². The van der Waals surface area contributed by atoms with Gasteiger partial charge in [-0.1, -0.05) is 0 Å². The molecule has 1 aliphatic rings. The molecule has 1 rings (SSSR count).